The average molecular weight is 271 g/mol. The smallest absolute Gasteiger partial charge is 0.416 e. The first-order valence-corrected chi connectivity index (χ1v) is 5.89. The Labute approximate surface area is 103 Å². The van der Waals surface area contributed by atoms with E-state index in [1.165, 1.54) is 24.3 Å². The van der Waals surface area contributed by atoms with Gasteiger partial charge in [-0.2, -0.15) is 8.42 Å². The van der Waals surface area contributed by atoms with Crippen LogP contribution in [0.4, 0.5) is 16.2 Å². The van der Waals surface area contributed by atoms with E-state index in [0.717, 1.165) is 6.26 Å². The number of rotatable bonds is 4. The largest absolute Gasteiger partial charge is 0.419 e. The molecule has 1 aromatic carbocycles. The van der Waals surface area contributed by atoms with Crippen LogP contribution in [0.25, 0.3) is 0 Å². The Bertz CT molecular complexity index is 564. The van der Waals surface area contributed by atoms with E-state index < -0.39 is 16.4 Å². The van der Waals surface area contributed by atoms with Gasteiger partial charge in [0.05, 0.1) is 11.9 Å². The summed E-state index contributed by atoms with van der Waals surface area (Å²) in [5.41, 5.74) is 0.600. The Morgan fingerprint density at radius 2 is 2.00 bits per heavy atom. The van der Waals surface area contributed by atoms with Crippen LogP contribution >= 0.6 is 0 Å². The summed E-state index contributed by atoms with van der Waals surface area (Å²) in [7, 11) is -4.50. The molecule has 0 radical (unpaired) electrons. The topological polar surface area (TPSA) is 117 Å². The maximum atomic E-state index is 11.0. The fourth-order valence-electron chi connectivity index (χ4n) is 0.933. The highest BCUT2D eigenvalue weighted by Crippen LogP contribution is 2.17. The SMILES string of the molecule is C=COC(=O)Nc1ccc(N=NS(=O)(=O)O)cc1. The molecule has 0 fully saturated rings. The fourth-order valence-corrected chi connectivity index (χ4v) is 1.13. The summed E-state index contributed by atoms with van der Waals surface area (Å²) in [5.74, 6) is 0. The Balaban J connectivity index is 2.71. The number of benzene rings is 1. The summed E-state index contributed by atoms with van der Waals surface area (Å²) in [6.45, 7) is 3.21. The first-order valence-electron chi connectivity index (χ1n) is 4.50. The van der Waals surface area contributed by atoms with Gasteiger partial charge in [-0.05, 0) is 28.8 Å². The van der Waals surface area contributed by atoms with E-state index in [2.05, 4.69) is 26.3 Å². The molecule has 0 aliphatic heterocycles. The Morgan fingerprint density at radius 3 is 2.50 bits per heavy atom. The molecule has 1 rings (SSSR count). The lowest BCUT2D eigenvalue weighted by atomic mass is 10.3. The molecular formula is C9H9N3O5S. The van der Waals surface area contributed by atoms with Gasteiger partial charge in [-0.15, -0.1) is 5.11 Å². The predicted molar refractivity (Wildman–Crippen MR) is 62.8 cm³/mol. The van der Waals surface area contributed by atoms with Crippen molar-refractivity contribution in [3.8, 4) is 0 Å². The summed E-state index contributed by atoms with van der Waals surface area (Å²) in [5, 5.41) is 5.63. The fraction of sp³-hybridized carbons (Fsp3) is 0. The molecule has 0 saturated heterocycles. The highest BCUT2D eigenvalue weighted by atomic mass is 32.2. The lowest BCUT2D eigenvalue weighted by molar-refractivity contribution is 0.201. The minimum Gasteiger partial charge on any atom is -0.419 e. The van der Waals surface area contributed by atoms with E-state index in [9.17, 15) is 13.2 Å². The van der Waals surface area contributed by atoms with Crippen molar-refractivity contribution in [2.24, 2.45) is 9.63 Å². The van der Waals surface area contributed by atoms with Gasteiger partial charge in [0.15, 0.2) is 0 Å². The molecule has 96 valence electrons. The van der Waals surface area contributed by atoms with E-state index in [1.54, 1.807) is 0 Å². The molecule has 8 nitrogen and oxygen atoms in total. The van der Waals surface area contributed by atoms with Gasteiger partial charge >= 0.3 is 16.4 Å². The molecule has 0 aliphatic carbocycles. The molecule has 18 heavy (non-hydrogen) atoms. The van der Waals surface area contributed by atoms with Crippen LogP contribution in [-0.2, 0) is 15.0 Å². The highest BCUT2D eigenvalue weighted by Gasteiger charge is 2.02. The van der Waals surface area contributed by atoms with Gasteiger partial charge in [-0.3, -0.25) is 9.87 Å². The first kappa shape index (κ1) is 13.8. The van der Waals surface area contributed by atoms with E-state index in [0.29, 0.717) is 5.69 Å². The van der Waals surface area contributed by atoms with Crippen LogP contribution < -0.4 is 5.32 Å². The van der Waals surface area contributed by atoms with Gasteiger partial charge in [0, 0.05) is 5.69 Å². The van der Waals surface area contributed by atoms with Crippen LogP contribution in [0.15, 0.2) is 46.7 Å². The van der Waals surface area contributed by atoms with Crippen LogP contribution in [0.2, 0.25) is 0 Å². The second-order valence-electron chi connectivity index (χ2n) is 2.87. The molecule has 2 N–H and O–H groups in total. The number of ether oxygens (including phenoxy) is 1. The van der Waals surface area contributed by atoms with Crippen molar-refractivity contribution in [1.82, 2.24) is 0 Å². The maximum absolute atomic E-state index is 11.0. The normalized spacial score (nSPS) is 11.2. The number of amides is 1. The number of anilines is 1. The number of nitrogens with one attached hydrogen (secondary N) is 1. The van der Waals surface area contributed by atoms with Crippen LogP contribution in [0.3, 0.4) is 0 Å². The third-order valence-electron chi connectivity index (χ3n) is 1.56. The highest BCUT2D eigenvalue weighted by molar-refractivity contribution is 7.84. The number of carbonyl (C=O) groups is 1. The van der Waals surface area contributed by atoms with Crippen LogP contribution in [0.5, 0.6) is 0 Å². The minimum atomic E-state index is -4.50. The maximum Gasteiger partial charge on any atom is 0.416 e. The summed E-state index contributed by atoms with van der Waals surface area (Å²) in [6.07, 6.45) is 0.265. The van der Waals surface area contributed by atoms with Crippen molar-refractivity contribution in [3.63, 3.8) is 0 Å². The molecule has 1 amide bonds. The second-order valence-corrected chi connectivity index (χ2v) is 3.93. The third-order valence-corrected chi connectivity index (χ3v) is 1.85. The zero-order chi connectivity index (χ0) is 13.6. The van der Waals surface area contributed by atoms with Gasteiger partial charge in [0.2, 0.25) is 0 Å². The Kier molecular flexibility index (Phi) is 4.52. The molecule has 0 aliphatic rings. The van der Waals surface area contributed by atoms with Crippen LogP contribution in [-0.4, -0.2) is 19.1 Å². The van der Waals surface area contributed by atoms with Crippen molar-refractivity contribution in [1.29, 1.82) is 0 Å². The quantitative estimate of drug-likeness (QED) is 0.494. The van der Waals surface area contributed by atoms with E-state index in [1.807, 2.05) is 0 Å². The number of carbonyl (C=O) groups excluding carboxylic acids is 1. The van der Waals surface area contributed by atoms with Crippen LogP contribution in [0, 0.1) is 0 Å². The summed E-state index contributed by atoms with van der Waals surface area (Å²) in [4.78, 5) is 11.0. The lowest BCUT2D eigenvalue weighted by Crippen LogP contribution is -2.09. The monoisotopic (exact) mass is 271 g/mol. The van der Waals surface area contributed by atoms with E-state index in [-0.39, 0.29) is 5.69 Å². The summed E-state index contributed by atoms with van der Waals surface area (Å²) in [6, 6.07) is 5.67. The van der Waals surface area contributed by atoms with Crippen molar-refractivity contribution >= 4 is 27.8 Å². The minimum absolute atomic E-state index is 0.190. The zero-order valence-electron chi connectivity index (χ0n) is 8.98. The summed E-state index contributed by atoms with van der Waals surface area (Å²) >= 11 is 0. The Hall–Kier alpha value is -2.26. The molecular weight excluding hydrogens is 262 g/mol. The molecule has 1 aromatic rings. The second kappa shape index (κ2) is 5.89. The molecule has 0 bridgehead atoms. The van der Waals surface area contributed by atoms with E-state index in [4.69, 9.17) is 4.55 Å². The van der Waals surface area contributed by atoms with Crippen molar-refractivity contribution in [3.05, 3.63) is 37.1 Å². The number of hydrogen-bond acceptors (Lipinski definition) is 5. The first-order chi connectivity index (χ1) is 8.40. The molecule has 0 aromatic heterocycles. The van der Waals surface area contributed by atoms with E-state index >= 15 is 0 Å². The van der Waals surface area contributed by atoms with Crippen LogP contribution in [0.1, 0.15) is 0 Å². The van der Waals surface area contributed by atoms with Gasteiger partial charge in [-0.1, -0.05) is 6.58 Å². The van der Waals surface area contributed by atoms with Crippen molar-refractivity contribution < 1.29 is 22.5 Å². The predicted octanol–water partition coefficient (Wildman–Crippen LogP) is 2.27. The van der Waals surface area contributed by atoms with Gasteiger partial charge in [-0.25, -0.2) is 4.79 Å². The Morgan fingerprint density at radius 1 is 1.39 bits per heavy atom. The number of nitrogens with zero attached hydrogens (tertiary/aromatic N) is 2. The van der Waals surface area contributed by atoms with Crippen molar-refractivity contribution in [2.45, 2.75) is 0 Å². The zero-order valence-corrected chi connectivity index (χ0v) is 9.79. The molecule has 0 atom stereocenters. The number of hydrogen-bond donors (Lipinski definition) is 2. The lowest BCUT2D eigenvalue weighted by Gasteiger charge is -2.02. The van der Waals surface area contributed by atoms with Gasteiger partial charge in [0.25, 0.3) is 0 Å². The average Bonchev–Trinajstić information content (AvgIpc) is 2.27. The summed E-state index contributed by atoms with van der Waals surface area (Å²) < 4.78 is 36.0. The standard InChI is InChI=1S/C9H9N3O5S/c1-2-17-9(13)10-7-3-5-8(6-4-7)11-12-18(14,15)16/h2-6H,1H2,(H,10,13)(H,14,15,16). The van der Waals surface area contributed by atoms with Gasteiger partial charge < -0.3 is 4.74 Å². The molecule has 0 saturated carbocycles. The molecule has 0 heterocycles. The third kappa shape index (κ3) is 5.18. The molecule has 9 heteroatoms. The molecule has 0 unspecified atom stereocenters. The van der Waals surface area contributed by atoms with Gasteiger partial charge in [0.1, 0.15) is 0 Å². The van der Waals surface area contributed by atoms with Crippen molar-refractivity contribution in [2.75, 3.05) is 5.32 Å². The molecule has 0 spiro atoms.